The van der Waals surface area contributed by atoms with Gasteiger partial charge in [0.25, 0.3) is 0 Å². The summed E-state index contributed by atoms with van der Waals surface area (Å²) in [5.74, 6) is 0. The van der Waals surface area contributed by atoms with Gasteiger partial charge in [-0.15, -0.1) is 0 Å². The quantitative estimate of drug-likeness (QED) is 0.734. The van der Waals surface area contributed by atoms with Crippen molar-refractivity contribution in [3.05, 3.63) is 70.3 Å². The van der Waals surface area contributed by atoms with E-state index in [2.05, 4.69) is 81.4 Å². The fraction of sp³-hybridized carbons (Fsp3) is 0.263. The molecule has 2 rings (SSSR count). The second kappa shape index (κ2) is 6.53. The van der Waals surface area contributed by atoms with Crippen molar-refractivity contribution < 1.29 is 0 Å². The summed E-state index contributed by atoms with van der Waals surface area (Å²) in [6, 6.07) is 15.0. The lowest BCUT2D eigenvalue weighted by atomic mass is 9.97. The van der Waals surface area contributed by atoms with Crippen LogP contribution in [0.25, 0.3) is 12.2 Å². The van der Waals surface area contributed by atoms with Gasteiger partial charge in [0, 0.05) is 6.54 Å². The average Bonchev–Trinajstić information content (AvgIpc) is 2.40. The average molecular weight is 265 g/mol. The minimum atomic E-state index is 0.973. The predicted molar refractivity (Wildman–Crippen MR) is 88.7 cm³/mol. The highest BCUT2D eigenvalue weighted by Gasteiger charge is 2.06. The highest BCUT2D eigenvalue weighted by molar-refractivity contribution is 5.72. The molecule has 0 saturated heterocycles. The number of hydrogen-bond acceptors (Lipinski definition) is 1. The van der Waals surface area contributed by atoms with Crippen molar-refractivity contribution in [1.29, 1.82) is 0 Å². The predicted octanol–water partition coefficient (Wildman–Crippen LogP) is 4.54. The molecule has 20 heavy (non-hydrogen) atoms. The molecule has 0 atom stereocenters. The van der Waals surface area contributed by atoms with E-state index in [0.717, 1.165) is 6.54 Å². The highest BCUT2D eigenvalue weighted by atomic mass is 15.0. The first-order chi connectivity index (χ1) is 9.56. The molecule has 0 saturated carbocycles. The first-order valence-electron chi connectivity index (χ1n) is 7.04. The van der Waals surface area contributed by atoms with Crippen molar-refractivity contribution in [2.75, 3.05) is 14.1 Å². The maximum absolute atomic E-state index is 2.27. The minimum absolute atomic E-state index is 0.973. The van der Waals surface area contributed by atoms with Crippen LogP contribution in [0.4, 0.5) is 0 Å². The smallest absolute Gasteiger partial charge is 0.0236 e. The van der Waals surface area contributed by atoms with Gasteiger partial charge in [-0.2, -0.15) is 0 Å². The van der Waals surface area contributed by atoms with Gasteiger partial charge in [0.15, 0.2) is 0 Å². The summed E-state index contributed by atoms with van der Waals surface area (Å²) in [4.78, 5) is 2.22. The van der Waals surface area contributed by atoms with E-state index >= 15 is 0 Å². The van der Waals surface area contributed by atoms with E-state index in [-0.39, 0.29) is 0 Å². The van der Waals surface area contributed by atoms with Crippen LogP contribution in [0.1, 0.15) is 27.8 Å². The van der Waals surface area contributed by atoms with Crippen molar-refractivity contribution in [3.63, 3.8) is 0 Å². The van der Waals surface area contributed by atoms with Crippen LogP contribution >= 0.6 is 0 Å². The minimum Gasteiger partial charge on any atom is -0.305 e. The van der Waals surface area contributed by atoms with Gasteiger partial charge in [0.05, 0.1) is 0 Å². The molecule has 2 aromatic carbocycles. The van der Waals surface area contributed by atoms with E-state index in [9.17, 15) is 0 Å². The monoisotopic (exact) mass is 265 g/mol. The van der Waals surface area contributed by atoms with Crippen molar-refractivity contribution in [1.82, 2.24) is 4.90 Å². The lowest BCUT2D eigenvalue weighted by molar-refractivity contribution is 0.401. The molecule has 0 aromatic heterocycles. The highest BCUT2D eigenvalue weighted by Crippen LogP contribution is 2.21. The Labute approximate surface area is 122 Å². The Morgan fingerprint density at radius 1 is 0.950 bits per heavy atom. The standard InChI is InChI=1S/C19H23N/c1-15-12-16(2)19(14-20(3)4)18(13-15)11-10-17-8-6-5-7-9-17/h5-13H,14H2,1-4H3. The van der Waals surface area contributed by atoms with Crippen LogP contribution in [0.3, 0.4) is 0 Å². The zero-order valence-corrected chi connectivity index (χ0v) is 12.9. The van der Waals surface area contributed by atoms with E-state index in [1.165, 1.54) is 27.8 Å². The van der Waals surface area contributed by atoms with Gasteiger partial charge >= 0.3 is 0 Å². The third kappa shape index (κ3) is 3.82. The van der Waals surface area contributed by atoms with Gasteiger partial charge < -0.3 is 4.90 Å². The second-order valence-electron chi connectivity index (χ2n) is 5.63. The van der Waals surface area contributed by atoms with Crippen molar-refractivity contribution in [2.24, 2.45) is 0 Å². The van der Waals surface area contributed by atoms with Gasteiger partial charge in [0.1, 0.15) is 0 Å². The Hall–Kier alpha value is -1.86. The summed E-state index contributed by atoms with van der Waals surface area (Å²) in [7, 11) is 4.23. The lowest BCUT2D eigenvalue weighted by Crippen LogP contribution is -2.13. The molecule has 0 aliphatic carbocycles. The van der Waals surface area contributed by atoms with Crippen molar-refractivity contribution in [2.45, 2.75) is 20.4 Å². The Bertz CT molecular complexity index is 595. The molecule has 1 nitrogen and oxygen atoms in total. The van der Waals surface area contributed by atoms with Crippen LogP contribution < -0.4 is 0 Å². The summed E-state index contributed by atoms with van der Waals surface area (Å²) in [6.07, 6.45) is 4.42. The van der Waals surface area contributed by atoms with Crippen LogP contribution in [-0.2, 0) is 6.54 Å². The fourth-order valence-corrected chi connectivity index (χ4v) is 2.46. The molecular weight excluding hydrogens is 242 g/mol. The largest absolute Gasteiger partial charge is 0.305 e. The third-order valence-corrected chi connectivity index (χ3v) is 3.38. The lowest BCUT2D eigenvalue weighted by Gasteiger charge is -2.16. The van der Waals surface area contributed by atoms with Crippen LogP contribution in [0.5, 0.6) is 0 Å². The van der Waals surface area contributed by atoms with Crippen LogP contribution in [-0.4, -0.2) is 19.0 Å². The van der Waals surface area contributed by atoms with Crippen LogP contribution in [0, 0.1) is 13.8 Å². The molecule has 0 spiro atoms. The number of nitrogens with zero attached hydrogens (tertiary/aromatic N) is 1. The molecular formula is C19H23N. The van der Waals surface area contributed by atoms with E-state index in [4.69, 9.17) is 0 Å². The van der Waals surface area contributed by atoms with Crippen LogP contribution in [0.2, 0.25) is 0 Å². The van der Waals surface area contributed by atoms with E-state index < -0.39 is 0 Å². The first-order valence-corrected chi connectivity index (χ1v) is 7.04. The van der Waals surface area contributed by atoms with Crippen molar-refractivity contribution in [3.8, 4) is 0 Å². The molecule has 0 unspecified atom stereocenters. The zero-order chi connectivity index (χ0) is 14.5. The number of hydrogen-bond donors (Lipinski definition) is 0. The molecule has 1 heteroatoms. The van der Waals surface area contributed by atoms with Crippen molar-refractivity contribution >= 4 is 12.2 Å². The summed E-state index contributed by atoms with van der Waals surface area (Å²) in [5, 5.41) is 0. The zero-order valence-electron chi connectivity index (χ0n) is 12.9. The molecule has 0 aliphatic heterocycles. The summed E-state index contributed by atoms with van der Waals surface area (Å²) in [5.41, 5.74) is 6.65. The van der Waals surface area contributed by atoms with Gasteiger partial charge in [-0.3, -0.25) is 0 Å². The van der Waals surface area contributed by atoms with Gasteiger partial charge in [-0.05, 0) is 50.2 Å². The third-order valence-electron chi connectivity index (χ3n) is 3.38. The molecule has 2 aromatic rings. The summed E-state index contributed by atoms with van der Waals surface area (Å²) in [6.45, 7) is 5.33. The van der Waals surface area contributed by atoms with E-state index in [1.54, 1.807) is 0 Å². The molecule has 0 aliphatic rings. The Balaban J connectivity index is 2.37. The molecule has 104 valence electrons. The van der Waals surface area contributed by atoms with Gasteiger partial charge in [0.2, 0.25) is 0 Å². The SMILES string of the molecule is Cc1cc(C)c(CN(C)C)c(C=Cc2ccccc2)c1. The maximum Gasteiger partial charge on any atom is 0.0236 e. The van der Waals surface area contributed by atoms with Crippen LogP contribution in [0.15, 0.2) is 42.5 Å². The van der Waals surface area contributed by atoms with Gasteiger partial charge in [-0.25, -0.2) is 0 Å². The summed E-state index contributed by atoms with van der Waals surface area (Å²) >= 11 is 0. The van der Waals surface area contributed by atoms with Gasteiger partial charge in [-0.1, -0.05) is 60.2 Å². The van der Waals surface area contributed by atoms with E-state index in [0.29, 0.717) is 0 Å². The Kier molecular flexibility index (Phi) is 4.75. The molecule has 0 N–H and O–H groups in total. The molecule has 0 fully saturated rings. The summed E-state index contributed by atoms with van der Waals surface area (Å²) < 4.78 is 0. The van der Waals surface area contributed by atoms with E-state index in [1.807, 2.05) is 6.07 Å². The fourth-order valence-electron chi connectivity index (χ4n) is 2.46. The molecule has 0 amide bonds. The second-order valence-corrected chi connectivity index (χ2v) is 5.63. The molecule has 0 heterocycles. The number of aryl methyl sites for hydroxylation is 2. The Morgan fingerprint density at radius 3 is 2.30 bits per heavy atom. The molecule has 0 bridgehead atoms. The number of rotatable bonds is 4. The molecule has 0 radical (unpaired) electrons. The normalized spacial score (nSPS) is 11.4. The first kappa shape index (κ1) is 14.5. The Morgan fingerprint density at radius 2 is 1.65 bits per heavy atom. The number of benzene rings is 2. The topological polar surface area (TPSA) is 3.24 Å². The maximum atomic E-state index is 2.27.